The SMILES string of the molecule is CC(N)c1ccccc1N1CC(=O)Nc2ccccc21. The maximum absolute atomic E-state index is 11.9. The summed E-state index contributed by atoms with van der Waals surface area (Å²) in [7, 11) is 0. The van der Waals surface area contributed by atoms with Gasteiger partial charge < -0.3 is 16.0 Å². The number of nitrogens with one attached hydrogen (secondary N) is 1. The molecule has 1 aliphatic rings. The van der Waals surface area contributed by atoms with Crippen molar-refractivity contribution in [3.63, 3.8) is 0 Å². The van der Waals surface area contributed by atoms with E-state index in [0.717, 1.165) is 22.6 Å². The molecule has 1 atom stereocenters. The highest BCUT2D eigenvalue weighted by molar-refractivity contribution is 6.03. The zero-order chi connectivity index (χ0) is 14.1. The molecule has 102 valence electrons. The molecule has 0 fully saturated rings. The number of carbonyl (C=O) groups excluding carboxylic acids is 1. The number of nitrogens with zero attached hydrogens (tertiary/aromatic N) is 1. The molecule has 2 aromatic rings. The van der Waals surface area contributed by atoms with Crippen LogP contribution in [0.25, 0.3) is 0 Å². The van der Waals surface area contributed by atoms with Gasteiger partial charge in [-0.1, -0.05) is 30.3 Å². The van der Waals surface area contributed by atoms with Gasteiger partial charge in [0.25, 0.3) is 0 Å². The van der Waals surface area contributed by atoms with Crippen molar-refractivity contribution < 1.29 is 4.79 Å². The zero-order valence-electron chi connectivity index (χ0n) is 11.3. The Morgan fingerprint density at radius 2 is 1.75 bits per heavy atom. The monoisotopic (exact) mass is 267 g/mol. The second-order valence-electron chi connectivity index (χ2n) is 5.00. The van der Waals surface area contributed by atoms with Crippen molar-refractivity contribution in [2.75, 3.05) is 16.8 Å². The molecule has 20 heavy (non-hydrogen) atoms. The van der Waals surface area contributed by atoms with Crippen molar-refractivity contribution in [3.05, 3.63) is 54.1 Å². The van der Waals surface area contributed by atoms with Gasteiger partial charge in [0.2, 0.25) is 5.91 Å². The molecule has 1 amide bonds. The van der Waals surface area contributed by atoms with Crippen LogP contribution in [0, 0.1) is 0 Å². The summed E-state index contributed by atoms with van der Waals surface area (Å²) in [6.07, 6.45) is 0. The van der Waals surface area contributed by atoms with Crippen molar-refractivity contribution in [2.24, 2.45) is 5.73 Å². The molecule has 4 nitrogen and oxygen atoms in total. The van der Waals surface area contributed by atoms with E-state index in [2.05, 4.69) is 5.32 Å². The van der Waals surface area contributed by atoms with E-state index in [-0.39, 0.29) is 11.9 Å². The van der Waals surface area contributed by atoms with Crippen LogP contribution in [0.5, 0.6) is 0 Å². The summed E-state index contributed by atoms with van der Waals surface area (Å²) in [6, 6.07) is 15.7. The Bertz CT molecular complexity index is 652. The van der Waals surface area contributed by atoms with E-state index in [1.54, 1.807) is 0 Å². The molecular formula is C16H17N3O. The van der Waals surface area contributed by atoms with Crippen LogP contribution in [-0.2, 0) is 4.79 Å². The van der Waals surface area contributed by atoms with Gasteiger partial charge in [0, 0.05) is 11.7 Å². The highest BCUT2D eigenvalue weighted by atomic mass is 16.2. The van der Waals surface area contributed by atoms with Crippen molar-refractivity contribution in [1.29, 1.82) is 0 Å². The molecule has 1 aliphatic heterocycles. The molecular weight excluding hydrogens is 250 g/mol. The normalized spacial score (nSPS) is 15.5. The van der Waals surface area contributed by atoms with Crippen molar-refractivity contribution in [3.8, 4) is 0 Å². The van der Waals surface area contributed by atoms with Gasteiger partial charge >= 0.3 is 0 Å². The molecule has 3 rings (SSSR count). The van der Waals surface area contributed by atoms with Crippen LogP contribution < -0.4 is 16.0 Å². The smallest absolute Gasteiger partial charge is 0.244 e. The quantitative estimate of drug-likeness (QED) is 0.879. The summed E-state index contributed by atoms with van der Waals surface area (Å²) in [6.45, 7) is 2.26. The number of para-hydroxylation sites is 3. The second kappa shape index (κ2) is 4.98. The minimum absolute atomic E-state index is 0.0109. The number of nitrogens with two attached hydrogens (primary N) is 1. The molecule has 1 unspecified atom stereocenters. The lowest BCUT2D eigenvalue weighted by Gasteiger charge is -2.32. The van der Waals surface area contributed by atoms with E-state index in [0.29, 0.717) is 6.54 Å². The Balaban J connectivity index is 2.13. The number of anilines is 3. The summed E-state index contributed by atoms with van der Waals surface area (Å²) in [4.78, 5) is 13.9. The molecule has 0 spiro atoms. The predicted molar refractivity (Wildman–Crippen MR) is 81.1 cm³/mol. The van der Waals surface area contributed by atoms with Crippen molar-refractivity contribution in [1.82, 2.24) is 0 Å². The summed E-state index contributed by atoms with van der Waals surface area (Å²) >= 11 is 0. The zero-order valence-corrected chi connectivity index (χ0v) is 11.3. The van der Waals surface area contributed by atoms with Crippen molar-refractivity contribution >= 4 is 23.0 Å². The number of benzene rings is 2. The van der Waals surface area contributed by atoms with E-state index >= 15 is 0 Å². The largest absolute Gasteiger partial charge is 0.330 e. The van der Waals surface area contributed by atoms with Crippen LogP contribution in [0.3, 0.4) is 0 Å². The molecule has 0 aliphatic carbocycles. The van der Waals surface area contributed by atoms with Gasteiger partial charge in [0.15, 0.2) is 0 Å². The summed E-state index contributed by atoms with van der Waals surface area (Å²) in [5.74, 6) is -0.0109. The maximum atomic E-state index is 11.9. The fourth-order valence-electron chi connectivity index (χ4n) is 2.57. The van der Waals surface area contributed by atoms with Crippen molar-refractivity contribution in [2.45, 2.75) is 13.0 Å². The highest BCUT2D eigenvalue weighted by Gasteiger charge is 2.24. The number of hydrogen-bond acceptors (Lipinski definition) is 3. The molecule has 4 heteroatoms. The van der Waals surface area contributed by atoms with E-state index in [1.807, 2.05) is 60.4 Å². The first-order chi connectivity index (χ1) is 9.66. The van der Waals surface area contributed by atoms with E-state index in [4.69, 9.17) is 5.73 Å². The predicted octanol–water partition coefficient (Wildman–Crippen LogP) is 2.80. The molecule has 3 N–H and O–H groups in total. The third-order valence-corrected chi connectivity index (χ3v) is 3.49. The lowest BCUT2D eigenvalue weighted by Crippen LogP contribution is -2.35. The summed E-state index contributed by atoms with van der Waals surface area (Å²) < 4.78 is 0. The van der Waals surface area contributed by atoms with Crippen LogP contribution in [-0.4, -0.2) is 12.5 Å². The Labute approximate surface area is 118 Å². The number of carbonyl (C=O) groups is 1. The average Bonchev–Trinajstić information content (AvgIpc) is 2.46. The van der Waals surface area contributed by atoms with Gasteiger partial charge in [0.1, 0.15) is 6.54 Å². The number of rotatable bonds is 2. The van der Waals surface area contributed by atoms with Gasteiger partial charge in [-0.15, -0.1) is 0 Å². The third-order valence-electron chi connectivity index (χ3n) is 3.49. The fourth-order valence-corrected chi connectivity index (χ4v) is 2.57. The van der Waals surface area contributed by atoms with Crippen LogP contribution in [0.4, 0.5) is 17.1 Å². The number of hydrogen-bond donors (Lipinski definition) is 2. The van der Waals surface area contributed by atoms with E-state index in [9.17, 15) is 4.79 Å². The highest BCUT2D eigenvalue weighted by Crippen LogP contribution is 2.37. The standard InChI is InChI=1S/C16H17N3O/c1-11(17)12-6-2-4-8-14(12)19-10-16(20)18-13-7-3-5-9-15(13)19/h2-9,11H,10,17H2,1H3,(H,18,20). The Kier molecular flexibility index (Phi) is 3.16. The Morgan fingerprint density at radius 3 is 2.50 bits per heavy atom. The minimum atomic E-state index is -0.0802. The van der Waals surface area contributed by atoms with Crippen LogP contribution in [0.15, 0.2) is 48.5 Å². The summed E-state index contributed by atoms with van der Waals surface area (Å²) in [5, 5.41) is 2.90. The Morgan fingerprint density at radius 1 is 1.10 bits per heavy atom. The second-order valence-corrected chi connectivity index (χ2v) is 5.00. The van der Waals surface area contributed by atoms with E-state index in [1.165, 1.54) is 0 Å². The van der Waals surface area contributed by atoms with Gasteiger partial charge in [-0.05, 0) is 30.7 Å². The number of amides is 1. The molecule has 0 saturated carbocycles. The topological polar surface area (TPSA) is 58.4 Å². The van der Waals surface area contributed by atoms with E-state index < -0.39 is 0 Å². The molecule has 1 heterocycles. The van der Waals surface area contributed by atoms with Crippen LogP contribution in [0.2, 0.25) is 0 Å². The molecule has 0 aromatic heterocycles. The first kappa shape index (κ1) is 12.7. The van der Waals surface area contributed by atoms with Crippen LogP contribution >= 0.6 is 0 Å². The Hall–Kier alpha value is -2.33. The molecule has 2 aromatic carbocycles. The lowest BCUT2D eigenvalue weighted by atomic mass is 10.0. The first-order valence-electron chi connectivity index (χ1n) is 6.68. The lowest BCUT2D eigenvalue weighted by molar-refractivity contribution is -0.115. The average molecular weight is 267 g/mol. The fraction of sp³-hybridized carbons (Fsp3) is 0.188. The van der Waals surface area contributed by atoms with Gasteiger partial charge in [-0.3, -0.25) is 4.79 Å². The minimum Gasteiger partial charge on any atom is -0.330 e. The van der Waals surface area contributed by atoms with Gasteiger partial charge in [-0.25, -0.2) is 0 Å². The summed E-state index contributed by atoms with van der Waals surface area (Å²) in [5.41, 5.74) is 9.91. The van der Waals surface area contributed by atoms with Crippen LogP contribution in [0.1, 0.15) is 18.5 Å². The van der Waals surface area contributed by atoms with Gasteiger partial charge in [-0.2, -0.15) is 0 Å². The first-order valence-corrected chi connectivity index (χ1v) is 6.68. The maximum Gasteiger partial charge on any atom is 0.244 e. The van der Waals surface area contributed by atoms with Gasteiger partial charge in [0.05, 0.1) is 11.4 Å². The number of fused-ring (bicyclic) bond motifs is 1. The molecule has 0 radical (unpaired) electrons. The molecule has 0 bridgehead atoms. The molecule has 0 saturated heterocycles. The third kappa shape index (κ3) is 2.14.